The van der Waals surface area contributed by atoms with Crippen LogP contribution in [0.1, 0.15) is 29.1 Å². The largest absolute Gasteiger partial charge is 0.491 e. The van der Waals surface area contributed by atoms with Gasteiger partial charge in [0, 0.05) is 17.2 Å². The van der Waals surface area contributed by atoms with Gasteiger partial charge in [0.15, 0.2) is 6.61 Å². The average molecular weight is 415 g/mol. The first-order valence-corrected chi connectivity index (χ1v) is 9.65. The van der Waals surface area contributed by atoms with Crippen LogP contribution in [0.25, 0.3) is 11.5 Å². The first-order valence-electron chi connectivity index (χ1n) is 9.27. The molecule has 0 aliphatic carbocycles. The molecular weight excluding hydrogens is 396 g/mol. The Morgan fingerprint density at radius 1 is 1.10 bits per heavy atom. The van der Waals surface area contributed by atoms with Crippen LogP contribution in [0.3, 0.4) is 0 Å². The lowest BCUT2D eigenvalue weighted by Gasteiger charge is -2.11. The number of aromatic nitrogens is 2. The topological polar surface area (TPSA) is 83.7 Å². The highest BCUT2D eigenvalue weighted by molar-refractivity contribution is 6.30. The molecule has 0 radical (unpaired) electrons. The van der Waals surface area contributed by atoms with Gasteiger partial charge in [-0.2, -0.15) is 0 Å². The van der Waals surface area contributed by atoms with E-state index < -0.39 is 5.97 Å². The Bertz CT molecular complexity index is 950. The van der Waals surface area contributed by atoms with Crippen molar-refractivity contribution in [3.05, 3.63) is 65.0 Å². The van der Waals surface area contributed by atoms with E-state index in [0.717, 1.165) is 25.0 Å². The van der Waals surface area contributed by atoms with Crippen molar-refractivity contribution in [2.24, 2.45) is 0 Å². The molecule has 4 rings (SSSR count). The van der Waals surface area contributed by atoms with Gasteiger partial charge < -0.3 is 18.6 Å². The third kappa shape index (κ3) is 5.13. The summed E-state index contributed by atoms with van der Waals surface area (Å²) in [7, 11) is 0. The summed E-state index contributed by atoms with van der Waals surface area (Å²) in [6, 6.07) is 13.8. The van der Waals surface area contributed by atoms with Crippen molar-refractivity contribution in [3.8, 4) is 17.2 Å². The zero-order valence-corrected chi connectivity index (χ0v) is 16.3. The van der Waals surface area contributed by atoms with E-state index in [9.17, 15) is 4.79 Å². The Balaban J connectivity index is 1.28. The van der Waals surface area contributed by atoms with Gasteiger partial charge >= 0.3 is 5.97 Å². The van der Waals surface area contributed by atoms with Crippen molar-refractivity contribution in [1.29, 1.82) is 0 Å². The molecule has 150 valence electrons. The molecule has 1 fully saturated rings. The van der Waals surface area contributed by atoms with Crippen LogP contribution in [-0.2, 0) is 16.1 Å². The molecule has 1 saturated heterocycles. The highest BCUT2D eigenvalue weighted by Gasteiger charge is 2.16. The fourth-order valence-electron chi connectivity index (χ4n) is 2.88. The molecule has 2 aromatic carbocycles. The number of nitrogens with zero attached hydrogens (tertiary/aromatic N) is 2. The Hall–Kier alpha value is -2.90. The molecule has 0 N–H and O–H groups in total. The fourth-order valence-corrected chi connectivity index (χ4v) is 3.01. The average Bonchev–Trinajstić information content (AvgIpc) is 3.44. The normalized spacial score (nSPS) is 16.0. The first-order chi connectivity index (χ1) is 14.2. The molecule has 1 aliphatic rings. The number of benzene rings is 2. The number of carbonyl (C=O) groups is 1. The minimum Gasteiger partial charge on any atom is -0.491 e. The highest BCUT2D eigenvalue weighted by Crippen LogP contribution is 2.21. The van der Waals surface area contributed by atoms with Gasteiger partial charge in [0.25, 0.3) is 5.89 Å². The maximum Gasteiger partial charge on any atom is 0.338 e. The molecule has 0 amide bonds. The van der Waals surface area contributed by atoms with Crippen LogP contribution in [0.5, 0.6) is 5.75 Å². The van der Waals surface area contributed by atoms with E-state index >= 15 is 0 Å². The second-order valence-electron chi connectivity index (χ2n) is 6.55. The number of esters is 1. The Morgan fingerprint density at radius 3 is 2.62 bits per heavy atom. The van der Waals surface area contributed by atoms with E-state index in [1.807, 2.05) is 0 Å². The maximum absolute atomic E-state index is 12.2. The summed E-state index contributed by atoms with van der Waals surface area (Å²) in [5.74, 6) is 0.740. The standard InChI is InChI=1S/C21H19ClN2O5/c22-16-7-3-14(4-8-16)20-24-23-19(29-20)13-28-21(25)15-5-9-17(10-6-15)27-12-18-2-1-11-26-18/h3-10,18H,1-2,11-13H2/t18-/m0/s1. The first kappa shape index (κ1) is 19.4. The molecule has 3 aromatic rings. The molecular formula is C21H19ClN2O5. The van der Waals surface area contributed by atoms with E-state index in [1.165, 1.54) is 0 Å². The molecule has 8 heteroatoms. The Morgan fingerprint density at radius 2 is 1.90 bits per heavy atom. The molecule has 7 nitrogen and oxygen atoms in total. The molecule has 0 saturated carbocycles. The van der Waals surface area contributed by atoms with Crippen LogP contribution < -0.4 is 4.74 Å². The van der Waals surface area contributed by atoms with Crippen LogP contribution in [0, 0.1) is 0 Å². The number of ether oxygens (including phenoxy) is 3. The summed E-state index contributed by atoms with van der Waals surface area (Å²) < 4.78 is 22.0. The zero-order chi connectivity index (χ0) is 20.1. The zero-order valence-electron chi connectivity index (χ0n) is 15.5. The van der Waals surface area contributed by atoms with Gasteiger partial charge in [-0.15, -0.1) is 10.2 Å². The molecule has 1 aromatic heterocycles. The Labute approximate surface area is 172 Å². The summed E-state index contributed by atoms with van der Waals surface area (Å²) in [5, 5.41) is 8.47. The molecule has 29 heavy (non-hydrogen) atoms. The van der Waals surface area contributed by atoms with Gasteiger partial charge in [0.2, 0.25) is 5.89 Å². The van der Waals surface area contributed by atoms with Crippen LogP contribution in [0.15, 0.2) is 52.9 Å². The van der Waals surface area contributed by atoms with E-state index in [-0.39, 0.29) is 18.6 Å². The molecule has 1 aliphatic heterocycles. The summed E-state index contributed by atoms with van der Waals surface area (Å²) in [5.41, 5.74) is 1.14. The SMILES string of the molecule is O=C(OCc1nnc(-c2ccc(Cl)cc2)o1)c1ccc(OC[C@@H]2CCCO2)cc1. The van der Waals surface area contributed by atoms with Crippen LogP contribution in [-0.4, -0.2) is 35.5 Å². The monoisotopic (exact) mass is 414 g/mol. The van der Waals surface area contributed by atoms with Gasteiger partial charge in [0.1, 0.15) is 12.4 Å². The maximum atomic E-state index is 12.2. The molecule has 2 heterocycles. The lowest BCUT2D eigenvalue weighted by Crippen LogP contribution is -2.16. The van der Waals surface area contributed by atoms with Crippen LogP contribution in [0.2, 0.25) is 5.02 Å². The second-order valence-corrected chi connectivity index (χ2v) is 6.99. The number of halogens is 1. The summed E-state index contributed by atoms with van der Waals surface area (Å²) in [6.45, 7) is 1.19. The van der Waals surface area contributed by atoms with Crippen molar-refractivity contribution in [2.75, 3.05) is 13.2 Å². The summed E-state index contributed by atoms with van der Waals surface area (Å²) >= 11 is 5.87. The van der Waals surface area contributed by atoms with Crippen LogP contribution >= 0.6 is 11.6 Å². The number of carbonyl (C=O) groups excluding carboxylic acids is 1. The Kier molecular flexibility index (Phi) is 6.07. The van der Waals surface area contributed by atoms with Crippen molar-refractivity contribution in [2.45, 2.75) is 25.6 Å². The second kappa shape index (κ2) is 9.07. The summed E-state index contributed by atoms with van der Waals surface area (Å²) in [6.07, 6.45) is 2.23. The highest BCUT2D eigenvalue weighted by atomic mass is 35.5. The van der Waals surface area contributed by atoms with E-state index in [2.05, 4.69) is 10.2 Å². The van der Waals surface area contributed by atoms with E-state index in [4.69, 9.17) is 30.2 Å². The van der Waals surface area contributed by atoms with Gasteiger partial charge in [-0.05, 0) is 61.4 Å². The molecule has 0 unspecified atom stereocenters. The van der Waals surface area contributed by atoms with E-state index in [1.54, 1.807) is 48.5 Å². The lowest BCUT2D eigenvalue weighted by molar-refractivity contribution is 0.0438. The van der Waals surface area contributed by atoms with Gasteiger partial charge in [-0.3, -0.25) is 0 Å². The third-order valence-electron chi connectivity index (χ3n) is 4.43. The van der Waals surface area contributed by atoms with Gasteiger partial charge in [-0.25, -0.2) is 4.79 Å². The van der Waals surface area contributed by atoms with Crippen molar-refractivity contribution in [1.82, 2.24) is 10.2 Å². The number of hydrogen-bond acceptors (Lipinski definition) is 7. The molecule has 1 atom stereocenters. The molecule has 0 bridgehead atoms. The number of hydrogen-bond donors (Lipinski definition) is 0. The smallest absolute Gasteiger partial charge is 0.338 e. The van der Waals surface area contributed by atoms with Gasteiger partial charge in [0.05, 0.1) is 11.7 Å². The molecule has 0 spiro atoms. The lowest BCUT2D eigenvalue weighted by atomic mass is 10.2. The minimum absolute atomic E-state index is 0.114. The van der Waals surface area contributed by atoms with Crippen molar-refractivity contribution in [3.63, 3.8) is 0 Å². The third-order valence-corrected chi connectivity index (χ3v) is 4.69. The van der Waals surface area contributed by atoms with Crippen molar-refractivity contribution < 1.29 is 23.4 Å². The van der Waals surface area contributed by atoms with Crippen molar-refractivity contribution >= 4 is 17.6 Å². The summed E-state index contributed by atoms with van der Waals surface area (Å²) in [4.78, 5) is 12.2. The minimum atomic E-state index is -0.484. The predicted octanol–water partition coefficient (Wildman–Crippen LogP) is 4.30. The fraction of sp³-hybridized carbons (Fsp3) is 0.286. The quantitative estimate of drug-likeness (QED) is 0.533. The van der Waals surface area contributed by atoms with E-state index in [0.29, 0.717) is 28.8 Å². The number of rotatable bonds is 7. The van der Waals surface area contributed by atoms with Crippen LogP contribution in [0.4, 0.5) is 0 Å². The van der Waals surface area contributed by atoms with Gasteiger partial charge in [-0.1, -0.05) is 11.6 Å². The predicted molar refractivity (Wildman–Crippen MR) is 105 cm³/mol.